The van der Waals surface area contributed by atoms with Crippen molar-refractivity contribution in [1.82, 2.24) is 4.72 Å². The number of hydrogen-bond acceptors (Lipinski definition) is 4. The second kappa shape index (κ2) is 5.55. The summed E-state index contributed by atoms with van der Waals surface area (Å²) < 4.78 is 27.2. The van der Waals surface area contributed by atoms with Gasteiger partial charge in [0.25, 0.3) is 0 Å². The molecule has 0 spiro atoms. The van der Waals surface area contributed by atoms with Gasteiger partial charge in [-0.25, -0.2) is 13.1 Å². The summed E-state index contributed by atoms with van der Waals surface area (Å²) in [4.78, 5) is 0. The lowest BCUT2D eigenvalue weighted by Gasteiger charge is -2.25. The van der Waals surface area contributed by atoms with Crippen LogP contribution in [0.15, 0.2) is 46.0 Å². The molecule has 0 bridgehead atoms. The van der Waals surface area contributed by atoms with E-state index in [9.17, 15) is 8.42 Å². The first-order valence-corrected chi connectivity index (χ1v) is 8.57. The normalized spacial score (nSPS) is 12.5. The van der Waals surface area contributed by atoms with Crippen molar-refractivity contribution in [2.45, 2.75) is 23.5 Å². The van der Waals surface area contributed by atoms with Crippen molar-refractivity contribution in [2.75, 3.05) is 12.3 Å². The first-order valence-electron chi connectivity index (χ1n) is 6.20. The van der Waals surface area contributed by atoms with Gasteiger partial charge in [0.2, 0.25) is 10.0 Å². The minimum atomic E-state index is -3.49. The minimum absolute atomic E-state index is 0.249. The summed E-state index contributed by atoms with van der Waals surface area (Å²) >= 11 is 1.13. The van der Waals surface area contributed by atoms with E-state index in [-0.39, 0.29) is 9.62 Å². The fourth-order valence-corrected chi connectivity index (χ4v) is 4.15. The Hall–Kier alpha value is -1.37. The van der Waals surface area contributed by atoms with Crippen LogP contribution in [0.2, 0.25) is 0 Å². The molecule has 1 aromatic carbocycles. The predicted molar refractivity (Wildman–Crippen MR) is 83.4 cm³/mol. The molecule has 108 valence electrons. The van der Waals surface area contributed by atoms with Crippen LogP contribution in [0, 0.1) is 0 Å². The van der Waals surface area contributed by atoms with Crippen LogP contribution in [-0.4, -0.2) is 15.0 Å². The van der Waals surface area contributed by atoms with Gasteiger partial charge in [-0.15, -0.1) is 11.3 Å². The van der Waals surface area contributed by atoms with E-state index in [1.807, 2.05) is 44.2 Å². The highest BCUT2D eigenvalue weighted by molar-refractivity contribution is 7.91. The second-order valence-electron chi connectivity index (χ2n) is 5.27. The smallest absolute Gasteiger partial charge is 0.250 e. The van der Waals surface area contributed by atoms with E-state index in [0.717, 1.165) is 16.9 Å². The van der Waals surface area contributed by atoms with Gasteiger partial charge >= 0.3 is 0 Å². The Morgan fingerprint density at radius 2 is 1.90 bits per heavy atom. The number of anilines is 1. The Kier molecular flexibility index (Phi) is 4.17. The third kappa shape index (κ3) is 3.39. The molecule has 0 amide bonds. The second-order valence-corrected chi connectivity index (χ2v) is 8.18. The van der Waals surface area contributed by atoms with E-state index in [4.69, 9.17) is 5.73 Å². The molecular formula is C14H18N2O2S2. The highest BCUT2D eigenvalue weighted by Crippen LogP contribution is 2.25. The zero-order valence-electron chi connectivity index (χ0n) is 11.5. The quantitative estimate of drug-likeness (QED) is 0.891. The molecule has 4 nitrogen and oxygen atoms in total. The third-order valence-corrected chi connectivity index (χ3v) is 5.98. The Morgan fingerprint density at radius 1 is 1.25 bits per heavy atom. The first kappa shape index (κ1) is 15.0. The molecule has 20 heavy (non-hydrogen) atoms. The third-order valence-electron chi connectivity index (χ3n) is 3.12. The van der Waals surface area contributed by atoms with Crippen molar-refractivity contribution >= 4 is 27.0 Å². The monoisotopic (exact) mass is 310 g/mol. The van der Waals surface area contributed by atoms with Crippen molar-refractivity contribution in [3.63, 3.8) is 0 Å². The largest absolute Gasteiger partial charge is 0.398 e. The first-order chi connectivity index (χ1) is 9.31. The molecule has 0 aliphatic carbocycles. The van der Waals surface area contributed by atoms with E-state index in [1.165, 1.54) is 6.07 Å². The molecule has 2 aromatic rings. The van der Waals surface area contributed by atoms with E-state index in [0.29, 0.717) is 12.2 Å². The fraction of sp³-hybridized carbons (Fsp3) is 0.286. The molecule has 0 saturated heterocycles. The van der Waals surface area contributed by atoms with Crippen LogP contribution in [0.3, 0.4) is 0 Å². The number of benzene rings is 1. The molecular weight excluding hydrogens is 292 g/mol. The molecule has 0 aliphatic heterocycles. The Balaban J connectivity index is 2.12. The maximum atomic E-state index is 12.2. The molecule has 0 radical (unpaired) electrons. The van der Waals surface area contributed by atoms with Crippen molar-refractivity contribution in [3.8, 4) is 0 Å². The highest BCUT2D eigenvalue weighted by atomic mass is 32.2. The number of nitrogens with two attached hydrogens (primary N) is 1. The summed E-state index contributed by atoms with van der Waals surface area (Å²) in [7, 11) is -3.49. The van der Waals surface area contributed by atoms with Crippen LogP contribution >= 0.6 is 11.3 Å². The Morgan fingerprint density at radius 3 is 2.45 bits per heavy atom. The molecule has 0 fully saturated rings. The van der Waals surface area contributed by atoms with Gasteiger partial charge in [-0.2, -0.15) is 0 Å². The Bertz CT molecular complexity index is 676. The van der Waals surface area contributed by atoms with Gasteiger partial charge in [0.1, 0.15) is 4.21 Å². The fourth-order valence-electron chi connectivity index (χ4n) is 1.81. The minimum Gasteiger partial charge on any atom is -0.398 e. The van der Waals surface area contributed by atoms with Crippen LogP contribution in [-0.2, 0) is 15.4 Å². The molecule has 0 atom stereocenters. The molecule has 0 unspecified atom stereocenters. The summed E-state index contributed by atoms with van der Waals surface area (Å²) in [5.41, 5.74) is 6.85. The van der Waals surface area contributed by atoms with Gasteiger partial charge in [-0.1, -0.05) is 44.2 Å². The average molecular weight is 310 g/mol. The summed E-state index contributed by atoms with van der Waals surface area (Å²) in [5, 5.41) is 1.62. The van der Waals surface area contributed by atoms with E-state index in [1.54, 1.807) is 5.38 Å². The summed E-state index contributed by atoms with van der Waals surface area (Å²) in [6.07, 6.45) is 0. The highest BCUT2D eigenvalue weighted by Gasteiger charge is 2.24. The lowest BCUT2D eigenvalue weighted by atomic mass is 9.85. The van der Waals surface area contributed by atoms with Crippen LogP contribution < -0.4 is 10.5 Å². The van der Waals surface area contributed by atoms with Crippen molar-refractivity contribution < 1.29 is 8.42 Å². The summed E-state index contributed by atoms with van der Waals surface area (Å²) in [5.74, 6) is 0. The number of nitrogens with one attached hydrogen (secondary N) is 1. The summed E-state index contributed by atoms with van der Waals surface area (Å²) in [6.45, 7) is 4.35. The number of sulfonamides is 1. The van der Waals surface area contributed by atoms with E-state index < -0.39 is 10.0 Å². The Labute approximate surface area is 123 Å². The van der Waals surface area contributed by atoms with Crippen molar-refractivity contribution in [2.24, 2.45) is 0 Å². The van der Waals surface area contributed by atoms with Gasteiger partial charge in [0.15, 0.2) is 0 Å². The van der Waals surface area contributed by atoms with E-state index >= 15 is 0 Å². The van der Waals surface area contributed by atoms with Crippen LogP contribution in [0.1, 0.15) is 19.4 Å². The van der Waals surface area contributed by atoms with Crippen molar-refractivity contribution in [3.05, 3.63) is 47.3 Å². The van der Waals surface area contributed by atoms with E-state index in [2.05, 4.69) is 4.72 Å². The maximum absolute atomic E-state index is 12.2. The van der Waals surface area contributed by atoms with Crippen LogP contribution in [0.4, 0.5) is 5.69 Å². The average Bonchev–Trinajstić information content (AvgIpc) is 2.85. The SMILES string of the molecule is CC(C)(CNS(=O)(=O)c1cc(N)cs1)c1ccccc1. The lowest BCUT2D eigenvalue weighted by Crippen LogP contribution is -2.36. The molecule has 0 saturated carbocycles. The molecule has 6 heteroatoms. The molecule has 3 N–H and O–H groups in total. The number of hydrogen-bond donors (Lipinski definition) is 2. The van der Waals surface area contributed by atoms with Crippen LogP contribution in [0.5, 0.6) is 0 Å². The lowest BCUT2D eigenvalue weighted by molar-refractivity contribution is 0.502. The standard InChI is InChI=1S/C14H18N2O2S2/c1-14(2,11-6-4-3-5-7-11)10-16-20(17,18)13-8-12(15)9-19-13/h3-9,16H,10,15H2,1-2H3. The van der Waals surface area contributed by atoms with Gasteiger partial charge in [0.05, 0.1) is 0 Å². The number of nitrogen functional groups attached to an aromatic ring is 1. The van der Waals surface area contributed by atoms with Gasteiger partial charge in [-0.3, -0.25) is 0 Å². The maximum Gasteiger partial charge on any atom is 0.250 e. The van der Waals surface area contributed by atoms with Gasteiger partial charge < -0.3 is 5.73 Å². The summed E-state index contributed by atoms with van der Waals surface area (Å²) in [6, 6.07) is 11.3. The zero-order chi connectivity index (χ0) is 14.8. The molecule has 2 rings (SSSR count). The molecule has 0 aliphatic rings. The van der Waals surface area contributed by atoms with Crippen LogP contribution in [0.25, 0.3) is 0 Å². The zero-order valence-corrected chi connectivity index (χ0v) is 13.1. The number of rotatable bonds is 5. The van der Waals surface area contributed by atoms with Gasteiger partial charge in [0, 0.05) is 23.0 Å². The van der Waals surface area contributed by atoms with Gasteiger partial charge in [-0.05, 0) is 11.6 Å². The van der Waals surface area contributed by atoms with Crippen molar-refractivity contribution in [1.29, 1.82) is 0 Å². The number of thiophene rings is 1. The molecule has 1 aromatic heterocycles. The predicted octanol–water partition coefficient (Wildman–Crippen LogP) is 2.59. The molecule has 1 heterocycles. The topological polar surface area (TPSA) is 72.2 Å².